The molecule has 4 nitrogen and oxygen atoms in total. The van der Waals surface area contributed by atoms with Crippen molar-refractivity contribution in [2.45, 2.75) is 264 Å². The molecule has 1 unspecified atom stereocenters. The average Bonchev–Trinajstić information content (AvgIpc) is 4.03. The van der Waals surface area contributed by atoms with E-state index in [9.17, 15) is 4.39 Å². The topological polar surface area (TPSA) is 13.0 Å². The molecule has 3 saturated carbocycles. The molecular weight excluding hydrogens is 652 g/mol. The fourth-order valence-corrected chi connectivity index (χ4v) is 10.0. The van der Waals surface area contributed by atoms with Gasteiger partial charge in [0.1, 0.15) is 6.17 Å². The maximum absolute atomic E-state index is 12.9. The van der Waals surface area contributed by atoms with E-state index in [0.29, 0.717) is 42.2 Å². The number of hydrogen-bond acceptors (Lipinski definition) is 4. The van der Waals surface area contributed by atoms with E-state index >= 15 is 0 Å². The van der Waals surface area contributed by atoms with Crippen molar-refractivity contribution in [1.29, 1.82) is 0 Å². The standard InChI is InChI=1S/C11H21N.2C10H19N.C9H18FN.4C2H6/c1-8-6-11(5)7-9(11)12(8)10(2,3)4;2*1-7-9-5-8(9)6-11(7)10(2,3)4;1-7-5-8(10)6-11(7)9(2,3)4;4*1-2/h8-9H,6-7H2,1-5H3;2*7-9H,5-6H2,1-4H3;7-8H,5-6H2,1-4H3;4*1-2H3/t8-,9-,11+;7-,8?,9-;7-,8-,9+;7-,8-;;;;/m1111..../s1/i5D3;;;;;;;. The van der Waals surface area contributed by atoms with E-state index in [1.807, 2.05) is 55.4 Å². The fraction of sp³-hybridized carbons (Fsp3) is 1.00. The van der Waals surface area contributed by atoms with Gasteiger partial charge in [-0.2, -0.15) is 0 Å². The molecule has 4 heterocycles. The second-order valence-corrected chi connectivity index (χ2v) is 20.5. The lowest BCUT2D eigenvalue weighted by molar-refractivity contribution is 0.104. The zero-order valence-electron chi connectivity index (χ0n) is 43.6. The monoisotopic (exact) mass is 756 g/mol. The van der Waals surface area contributed by atoms with Gasteiger partial charge in [-0.3, -0.25) is 19.6 Å². The first-order chi connectivity index (χ1) is 25.5. The molecule has 0 N–H and O–H groups in total. The summed E-state index contributed by atoms with van der Waals surface area (Å²) in [7, 11) is 0. The van der Waals surface area contributed by atoms with E-state index in [2.05, 4.69) is 130 Å². The number of fused-ring (bicyclic) bond motifs is 3. The Hall–Kier alpha value is -0.230. The van der Waals surface area contributed by atoms with Crippen molar-refractivity contribution in [3.63, 3.8) is 0 Å². The average molecular weight is 756 g/mol. The van der Waals surface area contributed by atoms with E-state index in [4.69, 9.17) is 4.11 Å². The second-order valence-electron chi connectivity index (χ2n) is 20.5. The summed E-state index contributed by atoms with van der Waals surface area (Å²) in [5.41, 5.74) is 0.632. The molecule has 0 amide bonds. The highest BCUT2D eigenvalue weighted by Crippen LogP contribution is 2.60. The minimum atomic E-state index is -1.77. The van der Waals surface area contributed by atoms with Gasteiger partial charge >= 0.3 is 0 Å². The van der Waals surface area contributed by atoms with Gasteiger partial charge in [-0.15, -0.1) is 0 Å². The summed E-state index contributed by atoms with van der Waals surface area (Å²) in [6, 6.07) is 2.80. The molecule has 0 aromatic rings. The third-order valence-corrected chi connectivity index (χ3v) is 12.4. The summed E-state index contributed by atoms with van der Waals surface area (Å²) in [6.07, 6.45) is 4.82. The van der Waals surface area contributed by atoms with E-state index in [1.165, 1.54) is 25.9 Å². The highest BCUT2D eigenvalue weighted by atomic mass is 19.1. The largest absolute Gasteiger partial charge is 0.295 e. The molecule has 4 aliphatic heterocycles. The smallest absolute Gasteiger partial charge is 0.114 e. The van der Waals surface area contributed by atoms with Crippen molar-refractivity contribution >= 4 is 0 Å². The van der Waals surface area contributed by atoms with E-state index < -0.39 is 13.0 Å². The molecule has 3 aliphatic carbocycles. The summed E-state index contributed by atoms with van der Waals surface area (Å²) in [5.74, 6) is 4.22. The van der Waals surface area contributed by atoms with Gasteiger partial charge in [0.2, 0.25) is 0 Å². The van der Waals surface area contributed by atoms with Crippen molar-refractivity contribution < 1.29 is 8.50 Å². The molecule has 7 rings (SSSR count). The van der Waals surface area contributed by atoms with Crippen LogP contribution in [0.5, 0.6) is 0 Å². The number of likely N-dealkylation sites (tertiary alicyclic amines) is 4. The molecule has 0 radical (unpaired) electrons. The number of alkyl halides is 1. The lowest BCUT2D eigenvalue weighted by Gasteiger charge is -2.37. The molecular formula is C48H101FN4. The molecule has 0 aromatic carbocycles. The Bertz CT molecular complexity index is 1040. The van der Waals surface area contributed by atoms with Crippen molar-refractivity contribution in [1.82, 2.24) is 19.6 Å². The van der Waals surface area contributed by atoms with Crippen LogP contribution in [-0.4, -0.2) is 97.8 Å². The van der Waals surface area contributed by atoms with Crippen LogP contribution in [0.2, 0.25) is 0 Å². The van der Waals surface area contributed by atoms with Crippen LogP contribution in [0.4, 0.5) is 4.39 Å². The zero-order chi connectivity index (χ0) is 44.7. The van der Waals surface area contributed by atoms with Gasteiger partial charge in [0.05, 0.1) is 0 Å². The first kappa shape index (κ1) is 47.1. The normalized spacial score (nSPS) is 37.9. The van der Waals surface area contributed by atoms with Gasteiger partial charge in [0.25, 0.3) is 0 Å². The quantitative estimate of drug-likeness (QED) is 0.244. The van der Waals surface area contributed by atoms with Gasteiger partial charge in [-0.05, 0) is 172 Å². The van der Waals surface area contributed by atoms with E-state index in [1.54, 1.807) is 0 Å². The molecule has 7 fully saturated rings. The summed E-state index contributed by atoms with van der Waals surface area (Å²) < 4.78 is 35.9. The summed E-state index contributed by atoms with van der Waals surface area (Å²) in [6.45, 7) is 53.5. The van der Waals surface area contributed by atoms with Gasteiger partial charge in [0.15, 0.2) is 0 Å². The maximum atomic E-state index is 12.9. The van der Waals surface area contributed by atoms with Crippen molar-refractivity contribution in [3.05, 3.63) is 0 Å². The Labute approximate surface area is 339 Å². The number of hydrogen-bond donors (Lipinski definition) is 0. The molecule has 11 atom stereocenters. The molecule has 0 aromatic heterocycles. The molecule has 4 saturated heterocycles. The molecule has 5 heteroatoms. The van der Waals surface area contributed by atoms with Crippen molar-refractivity contribution in [2.75, 3.05) is 19.6 Å². The third-order valence-electron chi connectivity index (χ3n) is 12.4. The minimum Gasteiger partial charge on any atom is -0.295 e. The van der Waals surface area contributed by atoms with Crippen molar-refractivity contribution in [2.24, 2.45) is 29.1 Å². The highest BCUT2D eigenvalue weighted by molar-refractivity contribution is 5.16. The number of nitrogens with zero attached hydrogens (tertiary/aromatic N) is 4. The van der Waals surface area contributed by atoms with Crippen LogP contribution in [0.25, 0.3) is 0 Å². The highest BCUT2D eigenvalue weighted by Gasteiger charge is 2.62. The van der Waals surface area contributed by atoms with Crippen LogP contribution >= 0.6 is 0 Å². The molecule has 0 spiro atoms. The lowest BCUT2D eigenvalue weighted by atomic mass is 10.0. The zero-order valence-corrected chi connectivity index (χ0v) is 40.6. The Kier molecular flexibility index (Phi) is 18.7. The SMILES string of the molecule is CC.CC.CC.CC.C[C@@H]1C[C@@H](F)CN1C(C)(C)C.C[C@@H]1[C@@H]2C[C@@H]2CN1C(C)(C)C.C[C@@H]1[C@H]2CC2CN1C(C)(C)C.[2H]C([2H])([2H])[C@@]12C[C@@H](C)N(C(C)(C)C)[C@@H]1C2. The lowest BCUT2D eigenvalue weighted by Crippen LogP contribution is -2.45. The third kappa shape index (κ3) is 14.6. The van der Waals surface area contributed by atoms with E-state index in [-0.39, 0.29) is 16.5 Å². The van der Waals surface area contributed by atoms with Gasteiger partial charge in [0, 0.05) is 76.1 Å². The Balaban J connectivity index is 0.000000683. The van der Waals surface area contributed by atoms with Crippen LogP contribution in [0.15, 0.2) is 0 Å². The predicted octanol–water partition coefficient (Wildman–Crippen LogP) is 13.2. The van der Waals surface area contributed by atoms with Crippen molar-refractivity contribution in [3.8, 4) is 0 Å². The summed E-state index contributed by atoms with van der Waals surface area (Å²) in [4.78, 5) is 9.95. The Morgan fingerprint density at radius 3 is 1.06 bits per heavy atom. The summed E-state index contributed by atoms with van der Waals surface area (Å²) in [5, 5.41) is 0. The first-order valence-electron chi connectivity index (χ1n) is 24.2. The molecule has 53 heavy (non-hydrogen) atoms. The van der Waals surface area contributed by atoms with Gasteiger partial charge in [-0.1, -0.05) is 62.2 Å². The Morgan fingerprint density at radius 2 is 0.887 bits per heavy atom. The van der Waals surface area contributed by atoms with Crippen LogP contribution in [0.1, 0.15) is 209 Å². The number of piperidine rings is 3. The van der Waals surface area contributed by atoms with E-state index in [0.717, 1.165) is 48.6 Å². The fourth-order valence-electron chi connectivity index (χ4n) is 10.0. The van der Waals surface area contributed by atoms with Gasteiger partial charge < -0.3 is 0 Å². The van der Waals surface area contributed by atoms with Gasteiger partial charge in [-0.25, -0.2) is 4.39 Å². The van der Waals surface area contributed by atoms with Crippen LogP contribution in [0, 0.1) is 29.1 Å². The second kappa shape index (κ2) is 21.0. The number of rotatable bonds is 0. The maximum Gasteiger partial charge on any atom is 0.114 e. The molecule has 0 bridgehead atoms. The molecule has 7 aliphatic rings. The molecule has 320 valence electrons. The number of halogens is 1. The van der Waals surface area contributed by atoms with Crippen LogP contribution in [-0.2, 0) is 0 Å². The first-order valence-corrected chi connectivity index (χ1v) is 22.7. The summed E-state index contributed by atoms with van der Waals surface area (Å²) >= 11 is 0. The van der Waals surface area contributed by atoms with Crippen LogP contribution < -0.4 is 0 Å². The minimum absolute atomic E-state index is 0.0909. The predicted molar refractivity (Wildman–Crippen MR) is 238 cm³/mol. The Morgan fingerprint density at radius 1 is 0.509 bits per heavy atom. The van der Waals surface area contributed by atoms with Crippen LogP contribution in [0.3, 0.4) is 0 Å².